The zero-order valence-electron chi connectivity index (χ0n) is 11.6. The first-order valence-corrected chi connectivity index (χ1v) is 4.98. The van der Waals surface area contributed by atoms with Gasteiger partial charge in [-0.2, -0.15) is 0 Å². The lowest BCUT2D eigenvalue weighted by Crippen LogP contribution is -2.01. The van der Waals surface area contributed by atoms with Crippen LogP contribution in [0.2, 0.25) is 0 Å². The van der Waals surface area contributed by atoms with Crippen molar-refractivity contribution in [2.24, 2.45) is 0 Å². The van der Waals surface area contributed by atoms with Crippen molar-refractivity contribution in [3.8, 4) is 5.75 Å². The highest BCUT2D eigenvalue weighted by molar-refractivity contribution is 5.39. The predicted octanol–water partition coefficient (Wildman–Crippen LogP) is 2.78. The number of benzene rings is 2. The van der Waals surface area contributed by atoms with Gasteiger partial charge in [0.1, 0.15) is 11.9 Å². The first-order chi connectivity index (χ1) is 8.97. The molecule has 1 atom stereocenters. The van der Waals surface area contributed by atoms with Crippen LogP contribution in [0.4, 0.5) is 0 Å². The van der Waals surface area contributed by atoms with Crippen molar-refractivity contribution in [2.45, 2.75) is 6.10 Å². The maximum Gasteiger partial charge on any atom is 0.125 e. The molecule has 1 unspecified atom stereocenters. The lowest BCUT2D eigenvalue weighted by atomic mass is 10.0. The number of ether oxygens (including phenoxy) is 1. The van der Waals surface area contributed by atoms with Crippen LogP contribution < -0.4 is 4.74 Å². The van der Waals surface area contributed by atoms with Crippen LogP contribution in [0.5, 0.6) is 5.75 Å². The quantitative estimate of drug-likeness (QED) is 0.856. The molecule has 16 heavy (non-hydrogen) atoms. The van der Waals surface area contributed by atoms with E-state index < -0.39 is 13.1 Å². The van der Waals surface area contributed by atoms with E-state index in [4.69, 9.17) is 8.85 Å². The normalized spacial score (nSPS) is 15.7. The van der Waals surface area contributed by atoms with E-state index >= 15 is 0 Å². The first kappa shape index (κ1) is 7.47. The van der Waals surface area contributed by atoms with Crippen molar-refractivity contribution in [3.05, 3.63) is 65.7 Å². The van der Waals surface area contributed by atoms with Gasteiger partial charge in [0, 0.05) is 5.56 Å². The van der Waals surface area contributed by atoms with Crippen LogP contribution in [-0.2, 0) is 0 Å². The molecule has 0 bridgehead atoms. The van der Waals surface area contributed by atoms with Gasteiger partial charge in [-0.05, 0) is 11.6 Å². The Morgan fingerprint density at radius 2 is 1.75 bits per heavy atom. The third-order valence-corrected chi connectivity index (χ3v) is 2.44. The van der Waals surface area contributed by atoms with Gasteiger partial charge in [-0.3, -0.25) is 0 Å². The van der Waals surface area contributed by atoms with E-state index in [-0.39, 0.29) is 5.75 Å². The molecule has 2 rings (SSSR count). The molecule has 1 N–H and O–H groups in total. The monoisotopic (exact) mass is 217 g/mol. The molecular weight excluding hydrogens is 200 g/mol. The van der Waals surface area contributed by atoms with E-state index in [0.29, 0.717) is 11.1 Å². The zero-order chi connectivity index (χ0) is 13.9. The summed E-state index contributed by atoms with van der Waals surface area (Å²) in [5.41, 5.74) is 1.12. The molecule has 0 aliphatic carbocycles. The molecule has 0 radical (unpaired) electrons. The molecule has 0 saturated carbocycles. The molecule has 2 aromatic rings. The number of hydrogen-bond acceptors (Lipinski definition) is 2. The summed E-state index contributed by atoms with van der Waals surface area (Å²) in [5, 5.41) is 10.3. The smallest absolute Gasteiger partial charge is 0.125 e. The summed E-state index contributed by atoms with van der Waals surface area (Å²) >= 11 is 0. The molecular formula is C14H14O2. The Morgan fingerprint density at radius 1 is 1.06 bits per heavy atom. The summed E-state index contributed by atoms with van der Waals surface area (Å²) in [6.45, 7) is 0. The number of methoxy groups -OCH3 is 1. The third kappa shape index (κ3) is 2.07. The molecule has 0 aliphatic heterocycles. The number of rotatable bonds is 3. The fraction of sp³-hybridized carbons (Fsp3) is 0.143. The Morgan fingerprint density at radius 3 is 2.50 bits per heavy atom. The molecule has 0 saturated heterocycles. The molecule has 0 fully saturated rings. The van der Waals surface area contributed by atoms with Gasteiger partial charge in [-0.1, -0.05) is 48.5 Å². The van der Waals surface area contributed by atoms with Gasteiger partial charge in [0.05, 0.1) is 11.2 Å². The van der Waals surface area contributed by atoms with E-state index in [1.807, 2.05) is 18.2 Å². The standard InChI is InChI=1S/C14H14O2/c1-16-13-10-6-5-9-12(13)14(15)11-7-3-2-4-8-11/h2-10,14-15H,1H3/i1D3. The van der Waals surface area contributed by atoms with Crippen LogP contribution in [0.3, 0.4) is 0 Å². The fourth-order valence-corrected chi connectivity index (χ4v) is 1.61. The van der Waals surface area contributed by atoms with Gasteiger partial charge in [0.25, 0.3) is 0 Å². The van der Waals surface area contributed by atoms with Gasteiger partial charge >= 0.3 is 0 Å². The van der Waals surface area contributed by atoms with Gasteiger partial charge < -0.3 is 9.84 Å². The fourth-order valence-electron chi connectivity index (χ4n) is 1.61. The van der Waals surface area contributed by atoms with Crippen LogP contribution in [0, 0.1) is 0 Å². The average molecular weight is 217 g/mol. The van der Waals surface area contributed by atoms with Crippen molar-refractivity contribution < 1.29 is 14.0 Å². The van der Waals surface area contributed by atoms with Gasteiger partial charge in [-0.25, -0.2) is 0 Å². The Kier molecular flexibility index (Phi) is 2.25. The van der Waals surface area contributed by atoms with Crippen molar-refractivity contribution in [1.82, 2.24) is 0 Å². The lowest BCUT2D eigenvalue weighted by molar-refractivity contribution is 0.214. The predicted molar refractivity (Wildman–Crippen MR) is 63.5 cm³/mol. The highest BCUT2D eigenvalue weighted by Crippen LogP contribution is 2.29. The molecule has 0 aliphatic rings. The molecule has 0 amide bonds. The van der Waals surface area contributed by atoms with Crippen LogP contribution in [0.25, 0.3) is 0 Å². The Hall–Kier alpha value is -1.80. The second-order valence-electron chi connectivity index (χ2n) is 3.45. The van der Waals surface area contributed by atoms with E-state index in [9.17, 15) is 5.11 Å². The van der Waals surface area contributed by atoms with Crippen LogP contribution in [0.1, 0.15) is 21.3 Å². The topological polar surface area (TPSA) is 29.5 Å². The SMILES string of the molecule is [2H]C([2H])([2H])Oc1ccccc1C(O)c1ccccc1. The highest BCUT2D eigenvalue weighted by atomic mass is 16.5. The van der Waals surface area contributed by atoms with E-state index in [2.05, 4.69) is 0 Å². The number of para-hydroxylation sites is 1. The minimum atomic E-state index is -2.54. The minimum absolute atomic E-state index is 0.166. The second kappa shape index (κ2) is 4.81. The summed E-state index contributed by atoms with van der Waals surface area (Å²) < 4.78 is 26.3. The second-order valence-corrected chi connectivity index (χ2v) is 3.45. The number of aliphatic hydroxyl groups excluding tert-OH is 1. The molecule has 0 aromatic heterocycles. The summed E-state index contributed by atoms with van der Waals surface area (Å²) in [4.78, 5) is 0. The lowest BCUT2D eigenvalue weighted by Gasteiger charge is -2.14. The summed E-state index contributed by atoms with van der Waals surface area (Å²) in [6, 6.07) is 15.6. The molecule has 2 aromatic carbocycles. The summed E-state index contributed by atoms with van der Waals surface area (Å²) in [6.07, 6.45) is -0.917. The third-order valence-electron chi connectivity index (χ3n) is 2.44. The van der Waals surface area contributed by atoms with Crippen molar-refractivity contribution >= 4 is 0 Å². The van der Waals surface area contributed by atoms with Crippen molar-refractivity contribution in [1.29, 1.82) is 0 Å². The van der Waals surface area contributed by atoms with Crippen LogP contribution in [-0.4, -0.2) is 12.1 Å². The number of aliphatic hydroxyl groups is 1. The van der Waals surface area contributed by atoms with E-state index in [1.165, 1.54) is 6.07 Å². The Balaban J connectivity index is 2.35. The first-order valence-electron chi connectivity index (χ1n) is 6.48. The molecule has 2 heteroatoms. The maximum atomic E-state index is 10.3. The highest BCUT2D eigenvalue weighted by Gasteiger charge is 2.13. The molecule has 0 spiro atoms. The van der Waals surface area contributed by atoms with Gasteiger partial charge in [0.2, 0.25) is 0 Å². The Bertz CT molecular complexity index is 538. The Labute approximate surface area is 99.3 Å². The average Bonchev–Trinajstić information content (AvgIpc) is 2.38. The largest absolute Gasteiger partial charge is 0.496 e. The van der Waals surface area contributed by atoms with Crippen LogP contribution >= 0.6 is 0 Å². The van der Waals surface area contributed by atoms with Gasteiger partial charge in [0.15, 0.2) is 0 Å². The van der Waals surface area contributed by atoms with Gasteiger partial charge in [-0.15, -0.1) is 0 Å². The maximum absolute atomic E-state index is 10.3. The van der Waals surface area contributed by atoms with Crippen molar-refractivity contribution in [2.75, 3.05) is 7.04 Å². The number of hydrogen-bond donors (Lipinski definition) is 1. The molecule has 0 heterocycles. The van der Waals surface area contributed by atoms with Crippen molar-refractivity contribution in [3.63, 3.8) is 0 Å². The zero-order valence-corrected chi connectivity index (χ0v) is 8.63. The summed E-state index contributed by atoms with van der Waals surface area (Å²) in [5.74, 6) is 0.166. The van der Waals surface area contributed by atoms with E-state index in [1.54, 1.807) is 30.3 Å². The summed E-state index contributed by atoms with van der Waals surface area (Å²) in [7, 11) is -2.54. The minimum Gasteiger partial charge on any atom is -0.496 e. The van der Waals surface area contributed by atoms with Crippen LogP contribution in [0.15, 0.2) is 54.6 Å². The molecule has 2 nitrogen and oxygen atoms in total. The molecule has 82 valence electrons. The van der Waals surface area contributed by atoms with E-state index in [0.717, 1.165) is 0 Å².